The molecule has 62 heavy (non-hydrogen) atoms. The number of phenols is 1. The van der Waals surface area contributed by atoms with Gasteiger partial charge in [-0.25, -0.2) is 9.88 Å². The molecule has 3 heterocycles. The van der Waals surface area contributed by atoms with Crippen LogP contribution in [0.5, 0.6) is 5.75 Å². The zero-order valence-electron chi connectivity index (χ0n) is 31.9. The van der Waals surface area contributed by atoms with E-state index in [-0.39, 0.29) is 45.5 Å². The molecule has 4 amide bonds. The first-order valence-corrected chi connectivity index (χ1v) is 19.7. The van der Waals surface area contributed by atoms with E-state index >= 15 is 4.79 Å². The average molecular weight is 915 g/mol. The van der Waals surface area contributed by atoms with E-state index in [0.717, 1.165) is 17.0 Å². The Balaban J connectivity index is 1.31. The second kappa shape index (κ2) is 14.9. The van der Waals surface area contributed by atoms with Gasteiger partial charge in [0.2, 0.25) is 11.8 Å². The fourth-order valence-corrected chi connectivity index (χ4v) is 10.2. The van der Waals surface area contributed by atoms with Crippen LogP contribution in [0.1, 0.15) is 35.4 Å². The summed E-state index contributed by atoms with van der Waals surface area (Å²) in [5.74, 6) is -10.3. The summed E-state index contributed by atoms with van der Waals surface area (Å²) in [6, 6.07) is 12.3. The number of nitrogens with one attached hydrogen (secondary N) is 1. The van der Waals surface area contributed by atoms with Crippen molar-refractivity contribution in [1.29, 1.82) is 0 Å². The van der Waals surface area contributed by atoms with Crippen LogP contribution in [-0.4, -0.2) is 62.7 Å². The molecule has 0 unspecified atom stereocenters. The first-order valence-electron chi connectivity index (χ1n) is 18.5. The lowest BCUT2D eigenvalue weighted by molar-refractivity contribution is -0.392. The minimum absolute atomic E-state index is 0.0547. The summed E-state index contributed by atoms with van der Waals surface area (Å²) < 4.78 is 40.6. The number of hydrogen-bond donors (Lipinski definition) is 2. The molecule has 4 aromatic rings. The Morgan fingerprint density at radius 3 is 2.10 bits per heavy atom. The number of allylic oxidation sites excluding steroid dienone is 2. The molecule has 0 bridgehead atoms. The molecular weight excluding hydrogens is 886 g/mol. The van der Waals surface area contributed by atoms with Crippen molar-refractivity contribution in [2.24, 2.45) is 23.7 Å². The maximum absolute atomic E-state index is 15.4. The number of phenolic OH excluding ortho intramolecular Hbond substituents is 1. The van der Waals surface area contributed by atoms with E-state index < -0.39 is 108 Å². The highest BCUT2D eigenvalue weighted by molar-refractivity contribution is 6.33. The number of fused-ring (bicyclic) bond motifs is 4. The summed E-state index contributed by atoms with van der Waals surface area (Å²) in [7, 11) is 2.71. The molecule has 22 heteroatoms. The van der Waals surface area contributed by atoms with Crippen molar-refractivity contribution in [3.63, 3.8) is 0 Å². The number of pyridine rings is 1. The van der Waals surface area contributed by atoms with Gasteiger partial charge < -0.3 is 10.0 Å². The molecule has 2 aliphatic heterocycles. The molecule has 1 aromatic heterocycles. The van der Waals surface area contributed by atoms with E-state index in [1.807, 2.05) is 0 Å². The predicted molar refractivity (Wildman–Crippen MR) is 217 cm³/mol. The fourth-order valence-electron chi connectivity index (χ4n) is 9.59. The molecule has 4 aliphatic rings. The van der Waals surface area contributed by atoms with Crippen molar-refractivity contribution in [1.82, 2.24) is 9.99 Å². The number of hydrogen-bond acceptors (Lipinski definition) is 12. The van der Waals surface area contributed by atoms with Crippen molar-refractivity contribution in [3.8, 4) is 5.75 Å². The lowest BCUT2D eigenvalue weighted by Crippen LogP contribution is -2.53. The van der Waals surface area contributed by atoms with Crippen LogP contribution in [0.15, 0.2) is 78.5 Å². The Labute approximate surface area is 362 Å². The Morgan fingerprint density at radius 1 is 0.887 bits per heavy atom. The molecule has 0 radical (unpaired) electrons. The van der Waals surface area contributed by atoms with Gasteiger partial charge in [-0.2, -0.15) is 18.2 Å². The lowest BCUT2D eigenvalue weighted by Gasteiger charge is -2.50. The van der Waals surface area contributed by atoms with E-state index in [1.54, 1.807) is 6.08 Å². The van der Waals surface area contributed by atoms with Crippen LogP contribution < -0.4 is 15.2 Å². The molecular formula is C40H29Cl3F3N7O9. The van der Waals surface area contributed by atoms with Crippen molar-refractivity contribution in [3.05, 3.63) is 130 Å². The monoisotopic (exact) mass is 913 g/mol. The summed E-state index contributed by atoms with van der Waals surface area (Å²) in [5.41, 5.74) is -2.07. The number of amides is 4. The molecule has 16 nitrogen and oxygen atoms in total. The Kier molecular flexibility index (Phi) is 10.2. The highest BCUT2D eigenvalue weighted by atomic mass is 35.5. The van der Waals surface area contributed by atoms with Gasteiger partial charge >= 0.3 is 17.6 Å². The third kappa shape index (κ3) is 6.39. The van der Waals surface area contributed by atoms with Crippen LogP contribution in [-0.2, 0) is 30.8 Å². The van der Waals surface area contributed by atoms with Crippen LogP contribution >= 0.6 is 34.8 Å². The molecule has 320 valence electrons. The smallest absolute Gasteiger partial charge is 0.417 e. The average Bonchev–Trinajstić information content (AvgIpc) is 3.58. The van der Waals surface area contributed by atoms with E-state index in [4.69, 9.17) is 34.8 Å². The van der Waals surface area contributed by atoms with Crippen LogP contribution in [0.2, 0.25) is 15.1 Å². The first kappa shape index (κ1) is 42.4. The maximum Gasteiger partial charge on any atom is 0.417 e. The molecule has 2 N–H and O–H groups in total. The van der Waals surface area contributed by atoms with Crippen LogP contribution in [0.4, 0.5) is 41.7 Å². The number of imide groups is 2. The Morgan fingerprint density at radius 2 is 1.53 bits per heavy atom. The van der Waals surface area contributed by atoms with Gasteiger partial charge in [0.05, 0.1) is 49.3 Å². The number of hydrazine groups is 1. The van der Waals surface area contributed by atoms with Gasteiger partial charge in [-0.15, -0.1) is 0 Å². The summed E-state index contributed by atoms with van der Waals surface area (Å²) in [4.78, 5) is 87.7. The number of carbonyl (C=O) groups is 4. The highest BCUT2D eigenvalue weighted by Gasteiger charge is 2.70. The molecule has 0 spiro atoms. The van der Waals surface area contributed by atoms with E-state index in [0.29, 0.717) is 27.7 Å². The van der Waals surface area contributed by atoms with Crippen molar-refractivity contribution < 1.29 is 47.3 Å². The Hall–Kier alpha value is -6.31. The van der Waals surface area contributed by atoms with Crippen LogP contribution in [0.25, 0.3) is 0 Å². The molecule has 1 saturated carbocycles. The van der Waals surface area contributed by atoms with Crippen molar-refractivity contribution >= 4 is 87.0 Å². The number of carbonyl (C=O) groups excluding carboxylic acids is 4. The van der Waals surface area contributed by atoms with E-state index in [9.17, 15) is 52.9 Å². The van der Waals surface area contributed by atoms with Crippen molar-refractivity contribution in [2.75, 3.05) is 29.3 Å². The summed E-state index contributed by atoms with van der Waals surface area (Å²) in [5, 5.41) is 35.1. The number of nitro groups is 2. The number of aromatic hydroxyl groups is 1. The van der Waals surface area contributed by atoms with Gasteiger partial charge in [-0.05, 0) is 60.2 Å². The van der Waals surface area contributed by atoms with Gasteiger partial charge in [0, 0.05) is 48.4 Å². The summed E-state index contributed by atoms with van der Waals surface area (Å²) in [6.07, 6.45) is -3.12. The lowest BCUT2D eigenvalue weighted by atomic mass is 9.49. The maximum atomic E-state index is 15.4. The number of rotatable bonds is 8. The van der Waals surface area contributed by atoms with Crippen LogP contribution in [0.3, 0.4) is 0 Å². The van der Waals surface area contributed by atoms with Gasteiger partial charge in [-0.3, -0.25) is 44.8 Å². The first-order chi connectivity index (χ1) is 29.2. The topological polar surface area (TPSA) is 209 Å². The quantitative estimate of drug-likeness (QED) is 0.0750. The number of anilines is 3. The van der Waals surface area contributed by atoms with E-state index in [2.05, 4.69) is 10.4 Å². The normalized spacial score (nSPS) is 24.4. The number of benzene rings is 3. The highest BCUT2D eigenvalue weighted by Crippen LogP contribution is 2.65. The number of nitrogens with zero attached hydrogens (tertiary/aromatic N) is 6. The number of alkyl halides is 3. The van der Waals surface area contributed by atoms with Gasteiger partial charge in [-0.1, -0.05) is 64.7 Å². The second-order valence-corrected chi connectivity index (χ2v) is 16.6. The van der Waals surface area contributed by atoms with E-state index in [1.165, 1.54) is 56.6 Å². The van der Waals surface area contributed by atoms with Gasteiger partial charge in [0.1, 0.15) is 5.75 Å². The standard InChI is InChI=1S/C40H29Cl3F3N7O9/c1-49(2)33-29(52(59)60)12-20(13-30(33)53(61)62)50-35(55)24-10-9-22-25(31(24)37(50)57)15-26-36(56)51(48-34-28(43)11-18(16-47-34)40(44,45)46)38(58)39(26,17-3-5-19(41)6-4-17)32(22)23-8-7-21(54)14-27(23)42/h3-9,11-14,16,24-26,31-32,54H,10,15H2,1-2H3,(H,47,48)/t24-,25+,26-,31-,32+,39+/m0/s1. The molecule has 3 fully saturated rings. The molecule has 6 atom stereocenters. The molecule has 8 rings (SSSR count). The number of halogens is 6. The largest absolute Gasteiger partial charge is 0.508 e. The number of aromatic nitrogens is 1. The summed E-state index contributed by atoms with van der Waals surface area (Å²) >= 11 is 19.4. The second-order valence-electron chi connectivity index (χ2n) is 15.4. The third-order valence-electron chi connectivity index (χ3n) is 12.0. The zero-order chi connectivity index (χ0) is 44.9. The SMILES string of the molecule is CN(C)c1c([N+](=O)[O-])cc(N2C(=O)[C@H]3[C@H](CC=C4[C@H]3C[C@H]3C(=O)N(Nc5ncc(C(F)(F)F)cc5Cl)C(=O)[C@@]3(c3ccc(Cl)cc3)[C@H]4c3ccc(O)cc3Cl)C2=O)cc1[N+](=O)[O-]. The Bertz CT molecular complexity index is 2670. The van der Waals surface area contributed by atoms with Gasteiger partial charge in [0.15, 0.2) is 11.5 Å². The third-order valence-corrected chi connectivity index (χ3v) is 12.9. The molecule has 2 saturated heterocycles. The molecule has 3 aromatic carbocycles. The predicted octanol–water partition coefficient (Wildman–Crippen LogP) is 7.84. The minimum atomic E-state index is -4.83. The summed E-state index contributed by atoms with van der Waals surface area (Å²) in [6.45, 7) is 0. The molecule has 2 aliphatic carbocycles. The number of nitro benzene ring substituents is 2. The minimum Gasteiger partial charge on any atom is -0.508 e. The van der Waals surface area contributed by atoms with Gasteiger partial charge in [0.25, 0.3) is 11.8 Å². The fraction of sp³-hybridized carbons (Fsp3) is 0.275. The zero-order valence-corrected chi connectivity index (χ0v) is 34.2. The van der Waals surface area contributed by atoms with Crippen molar-refractivity contribution in [2.45, 2.75) is 30.4 Å². The van der Waals surface area contributed by atoms with Crippen LogP contribution in [0, 0.1) is 43.9 Å².